The summed E-state index contributed by atoms with van der Waals surface area (Å²) < 4.78 is 23.9. The molecule has 1 rings (SSSR count). The van der Waals surface area contributed by atoms with Crippen LogP contribution in [0.3, 0.4) is 0 Å². The van der Waals surface area contributed by atoms with Crippen molar-refractivity contribution in [3.05, 3.63) is 29.6 Å². The number of benzene rings is 1. The molecule has 1 unspecified atom stereocenters. The van der Waals surface area contributed by atoms with Crippen molar-refractivity contribution in [2.24, 2.45) is 0 Å². The van der Waals surface area contributed by atoms with Crippen molar-refractivity contribution in [1.29, 1.82) is 0 Å². The van der Waals surface area contributed by atoms with Gasteiger partial charge >= 0.3 is 5.97 Å². The number of carboxylic acid groups (broad SMARTS) is 1. The third kappa shape index (κ3) is 7.98. The minimum atomic E-state index is -1.11. The van der Waals surface area contributed by atoms with E-state index in [2.05, 4.69) is 5.32 Å². The van der Waals surface area contributed by atoms with E-state index in [1.807, 2.05) is 20.8 Å². The Morgan fingerprint density at radius 2 is 2.00 bits per heavy atom. The number of rotatable bonds is 9. The molecule has 6 nitrogen and oxygen atoms in total. The van der Waals surface area contributed by atoms with Gasteiger partial charge in [0.25, 0.3) is 0 Å². The van der Waals surface area contributed by atoms with Crippen LogP contribution in [0.25, 0.3) is 0 Å². The summed E-state index contributed by atoms with van der Waals surface area (Å²) in [5.41, 5.74) is 0.266. The van der Waals surface area contributed by atoms with E-state index in [4.69, 9.17) is 9.47 Å². The molecule has 0 saturated heterocycles. The maximum absolute atomic E-state index is 13.6. The molecule has 0 saturated carbocycles. The number of halogens is 1. The van der Waals surface area contributed by atoms with Crippen LogP contribution < -0.4 is 10.1 Å². The van der Waals surface area contributed by atoms with Crippen molar-refractivity contribution < 1.29 is 28.6 Å². The van der Waals surface area contributed by atoms with Crippen LogP contribution in [-0.2, 0) is 20.7 Å². The summed E-state index contributed by atoms with van der Waals surface area (Å²) in [5, 5.41) is 11.7. The van der Waals surface area contributed by atoms with Gasteiger partial charge in [0.05, 0.1) is 12.7 Å². The Kier molecular flexibility index (Phi) is 7.83. The molecule has 0 aliphatic rings. The van der Waals surface area contributed by atoms with E-state index in [0.717, 1.165) is 0 Å². The van der Waals surface area contributed by atoms with Gasteiger partial charge in [-0.25, -0.2) is 9.18 Å². The first-order valence-electron chi connectivity index (χ1n) is 8.11. The van der Waals surface area contributed by atoms with Crippen molar-refractivity contribution in [3.8, 4) is 5.75 Å². The van der Waals surface area contributed by atoms with Crippen LogP contribution in [0.1, 0.15) is 39.2 Å². The number of carboxylic acids is 1. The largest absolute Gasteiger partial charge is 0.494 e. The predicted octanol–water partition coefficient (Wildman–Crippen LogP) is 2.54. The highest BCUT2D eigenvalue weighted by Gasteiger charge is 2.21. The van der Waals surface area contributed by atoms with Gasteiger partial charge in [-0.1, -0.05) is 6.07 Å². The van der Waals surface area contributed by atoms with Gasteiger partial charge in [-0.15, -0.1) is 0 Å². The Bertz CT molecular complexity index is 598. The molecule has 0 bridgehead atoms. The number of ether oxygens (including phenoxy) is 2. The molecular weight excluding hydrogens is 329 g/mol. The fraction of sp³-hybridized carbons (Fsp3) is 0.556. The lowest BCUT2D eigenvalue weighted by Gasteiger charge is -2.21. The van der Waals surface area contributed by atoms with Gasteiger partial charge in [0.15, 0.2) is 11.6 Å². The number of carbonyl (C=O) groups excluding carboxylic acids is 1. The van der Waals surface area contributed by atoms with Crippen LogP contribution in [0.5, 0.6) is 5.75 Å². The number of amides is 1. The van der Waals surface area contributed by atoms with Gasteiger partial charge in [-0.3, -0.25) is 4.79 Å². The van der Waals surface area contributed by atoms with E-state index in [-0.39, 0.29) is 30.8 Å². The zero-order valence-corrected chi connectivity index (χ0v) is 15.1. The molecule has 140 valence electrons. The van der Waals surface area contributed by atoms with Crippen molar-refractivity contribution in [1.82, 2.24) is 5.32 Å². The molecule has 0 aliphatic heterocycles. The van der Waals surface area contributed by atoms with Crippen molar-refractivity contribution in [2.45, 2.75) is 51.7 Å². The normalized spacial score (nSPS) is 12.5. The third-order valence-electron chi connectivity index (χ3n) is 3.43. The Morgan fingerprint density at radius 1 is 1.32 bits per heavy atom. The van der Waals surface area contributed by atoms with E-state index in [0.29, 0.717) is 12.0 Å². The molecule has 0 aliphatic carbocycles. The molecule has 0 heterocycles. The average Bonchev–Trinajstić information content (AvgIpc) is 2.50. The highest BCUT2D eigenvalue weighted by molar-refractivity contribution is 5.83. The van der Waals surface area contributed by atoms with Gasteiger partial charge in [-0.05, 0) is 44.9 Å². The second-order valence-electron chi connectivity index (χ2n) is 6.68. The quantitative estimate of drug-likeness (QED) is 0.711. The number of aryl methyl sites for hydroxylation is 1. The fourth-order valence-electron chi connectivity index (χ4n) is 2.13. The Labute approximate surface area is 147 Å². The summed E-state index contributed by atoms with van der Waals surface area (Å²) in [4.78, 5) is 23.2. The monoisotopic (exact) mass is 355 g/mol. The molecule has 1 aromatic rings. The van der Waals surface area contributed by atoms with Gasteiger partial charge < -0.3 is 19.9 Å². The third-order valence-corrected chi connectivity index (χ3v) is 3.43. The fourth-order valence-corrected chi connectivity index (χ4v) is 2.13. The standard InChI is InChI=1S/C18H26FNO5/c1-18(2,3)25-10-9-14(17(22)23)20-16(21)8-6-12-5-7-15(24-4)13(19)11-12/h5,7,11,14H,6,8-10H2,1-4H3,(H,20,21)(H,22,23). The number of hydrogen-bond acceptors (Lipinski definition) is 4. The van der Waals surface area contributed by atoms with E-state index in [1.54, 1.807) is 6.07 Å². The van der Waals surface area contributed by atoms with Crippen LogP contribution in [0.15, 0.2) is 18.2 Å². The topological polar surface area (TPSA) is 84.9 Å². The van der Waals surface area contributed by atoms with Crippen LogP contribution >= 0.6 is 0 Å². The minimum absolute atomic E-state index is 0.0652. The molecule has 25 heavy (non-hydrogen) atoms. The second kappa shape index (κ2) is 9.36. The average molecular weight is 355 g/mol. The number of carbonyl (C=O) groups is 2. The van der Waals surface area contributed by atoms with Crippen LogP contribution in [0, 0.1) is 5.82 Å². The summed E-state index contributed by atoms with van der Waals surface area (Å²) in [6.07, 6.45) is 0.544. The number of nitrogens with one attached hydrogen (secondary N) is 1. The Balaban J connectivity index is 2.49. The van der Waals surface area contributed by atoms with Crippen LogP contribution in [-0.4, -0.2) is 42.3 Å². The molecule has 1 atom stereocenters. The van der Waals surface area contributed by atoms with E-state index < -0.39 is 23.7 Å². The molecule has 1 amide bonds. The number of aliphatic carboxylic acids is 1. The summed E-state index contributed by atoms with van der Waals surface area (Å²) in [6, 6.07) is 3.45. The van der Waals surface area contributed by atoms with Crippen LogP contribution in [0.4, 0.5) is 4.39 Å². The predicted molar refractivity (Wildman–Crippen MR) is 91.2 cm³/mol. The lowest BCUT2D eigenvalue weighted by atomic mass is 10.1. The summed E-state index contributed by atoms with van der Waals surface area (Å²) in [5.74, 6) is -1.87. The smallest absolute Gasteiger partial charge is 0.326 e. The summed E-state index contributed by atoms with van der Waals surface area (Å²) in [7, 11) is 1.38. The maximum Gasteiger partial charge on any atom is 0.326 e. The van der Waals surface area contributed by atoms with Gasteiger partial charge in [-0.2, -0.15) is 0 Å². The second-order valence-corrected chi connectivity index (χ2v) is 6.68. The molecule has 7 heteroatoms. The van der Waals surface area contributed by atoms with Crippen molar-refractivity contribution in [2.75, 3.05) is 13.7 Å². The molecule has 1 aromatic carbocycles. The zero-order valence-electron chi connectivity index (χ0n) is 15.1. The Morgan fingerprint density at radius 3 is 2.52 bits per heavy atom. The van der Waals surface area contributed by atoms with Gasteiger partial charge in [0.1, 0.15) is 6.04 Å². The molecule has 0 spiro atoms. The lowest BCUT2D eigenvalue weighted by molar-refractivity contribution is -0.142. The first-order chi connectivity index (χ1) is 11.6. The first kappa shape index (κ1) is 20.9. The van der Waals surface area contributed by atoms with Crippen molar-refractivity contribution in [3.63, 3.8) is 0 Å². The highest BCUT2D eigenvalue weighted by Crippen LogP contribution is 2.18. The lowest BCUT2D eigenvalue weighted by Crippen LogP contribution is -2.42. The van der Waals surface area contributed by atoms with Crippen molar-refractivity contribution >= 4 is 11.9 Å². The maximum atomic E-state index is 13.6. The molecule has 0 aromatic heterocycles. The first-order valence-corrected chi connectivity index (χ1v) is 8.11. The van der Waals surface area contributed by atoms with Crippen LogP contribution in [0.2, 0.25) is 0 Å². The number of hydrogen-bond donors (Lipinski definition) is 2. The van der Waals surface area contributed by atoms with Gasteiger partial charge in [0, 0.05) is 19.4 Å². The van der Waals surface area contributed by atoms with E-state index in [1.165, 1.54) is 19.2 Å². The van der Waals surface area contributed by atoms with E-state index >= 15 is 0 Å². The summed E-state index contributed by atoms with van der Waals surface area (Å²) >= 11 is 0. The SMILES string of the molecule is COc1ccc(CCC(=O)NC(CCOC(C)(C)C)C(=O)O)cc1F. The minimum Gasteiger partial charge on any atom is -0.494 e. The molecule has 2 N–H and O–H groups in total. The van der Waals surface area contributed by atoms with E-state index in [9.17, 15) is 19.1 Å². The number of methoxy groups -OCH3 is 1. The zero-order chi connectivity index (χ0) is 19.0. The van der Waals surface area contributed by atoms with Gasteiger partial charge in [0.2, 0.25) is 5.91 Å². The molecule has 0 radical (unpaired) electrons. The molecule has 0 fully saturated rings. The highest BCUT2D eigenvalue weighted by atomic mass is 19.1. The summed E-state index contributed by atoms with van der Waals surface area (Å²) in [6.45, 7) is 5.84. The molecular formula is C18H26FNO5. The Hall–Kier alpha value is -2.15.